The lowest BCUT2D eigenvalue weighted by molar-refractivity contribution is 0.276. The topological polar surface area (TPSA) is 40.5 Å². The van der Waals surface area contributed by atoms with Crippen LogP contribution in [0.2, 0.25) is 0 Å². The van der Waals surface area contributed by atoms with Crippen LogP contribution < -0.4 is 0 Å². The van der Waals surface area contributed by atoms with Gasteiger partial charge in [-0.05, 0) is 33.7 Å². The molecule has 4 rings (SSSR count). The number of rotatable bonds is 1. The van der Waals surface area contributed by atoms with E-state index < -0.39 is 0 Å². The molecule has 0 amide bonds. The summed E-state index contributed by atoms with van der Waals surface area (Å²) in [7, 11) is 0. The molecule has 0 aliphatic carbocycles. The largest absolute Gasteiger partial charge is 0.507 e. The molecule has 0 fully saturated rings. The zero-order valence-corrected chi connectivity index (χ0v) is 10.2. The number of hydrogen-bond donors (Lipinski definition) is 2. The number of hydrogen-bond acceptors (Lipinski definition) is 2. The summed E-state index contributed by atoms with van der Waals surface area (Å²) >= 11 is 0. The van der Waals surface area contributed by atoms with Gasteiger partial charge < -0.3 is 10.2 Å². The summed E-state index contributed by atoms with van der Waals surface area (Å²) in [5.74, 6) is 0.188. The Balaban J connectivity index is 2.37. The molecular formula is C17H12O2. The number of benzene rings is 4. The summed E-state index contributed by atoms with van der Waals surface area (Å²) in [6.45, 7) is -0.150. The van der Waals surface area contributed by atoms with E-state index in [4.69, 9.17) is 0 Å². The Kier molecular flexibility index (Phi) is 2.00. The number of aliphatic hydroxyl groups is 1. The van der Waals surface area contributed by atoms with Crippen LogP contribution in [0, 0.1) is 0 Å². The monoisotopic (exact) mass is 248 g/mol. The van der Waals surface area contributed by atoms with Crippen molar-refractivity contribution >= 4 is 32.3 Å². The molecule has 19 heavy (non-hydrogen) atoms. The van der Waals surface area contributed by atoms with Crippen LogP contribution in [0.3, 0.4) is 0 Å². The fraction of sp³-hybridized carbons (Fsp3) is 0.0588. The van der Waals surface area contributed by atoms with E-state index in [9.17, 15) is 10.2 Å². The molecule has 0 bridgehead atoms. The highest BCUT2D eigenvalue weighted by Gasteiger charge is 2.13. The van der Waals surface area contributed by atoms with Crippen molar-refractivity contribution in [2.45, 2.75) is 6.61 Å². The highest BCUT2D eigenvalue weighted by Crippen LogP contribution is 2.39. The lowest BCUT2D eigenvalue weighted by Crippen LogP contribution is -1.89. The molecule has 4 aromatic rings. The van der Waals surface area contributed by atoms with Gasteiger partial charge in [-0.15, -0.1) is 0 Å². The Labute approximate surface area is 109 Å². The Bertz CT molecular complexity index is 893. The average molecular weight is 248 g/mol. The maximum Gasteiger partial charge on any atom is 0.128 e. The number of phenols is 1. The highest BCUT2D eigenvalue weighted by atomic mass is 16.3. The molecule has 0 saturated heterocycles. The molecule has 0 aliphatic rings. The standard InChI is InChI=1S/C17H12O2/c18-9-13-8-12-5-4-10-2-1-3-11-6-7-14(17(13)19)16(12)15(10)11/h1-8,18-19H,9H2. The maximum absolute atomic E-state index is 10.3. The van der Waals surface area contributed by atoms with Gasteiger partial charge in [0.25, 0.3) is 0 Å². The predicted octanol–water partition coefficient (Wildman–Crippen LogP) is 3.78. The summed E-state index contributed by atoms with van der Waals surface area (Å²) in [4.78, 5) is 0. The SMILES string of the molecule is OCc1cc2ccc3cccc4ccc(c1O)c2c34. The Hall–Kier alpha value is -2.32. The first-order valence-corrected chi connectivity index (χ1v) is 6.29. The van der Waals surface area contributed by atoms with Gasteiger partial charge in [0.15, 0.2) is 0 Å². The first-order valence-electron chi connectivity index (χ1n) is 6.29. The molecule has 0 aliphatic heterocycles. The van der Waals surface area contributed by atoms with Crippen molar-refractivity contribution in [3.05, 3.63) is 54.1 Å². The molecule has 2 N–H and O–H groups in total. The van der Waals surface area contributed by atoms with Crippen molar-refractivity contribution in [1.29, 1.82) is 0 Å². The van der Waals surface area contributed by atoms with Crippen LogP contribution in [-0.2, 0) is 6.61 Å². The molecular weight excluding hydrogens is 236 g/mol. The molecule has 0 heterocycles. The highest BCUT2D eigenvalue weighted by molar-refractivity contribution is 6.24. The average Bonchev–Trinajstić information content (AvgIpc) is 2.46. The predicted molar refractivity (Wildman–Crippen MR) is 77.7 cm³/mol. The fourth-order valence-electron chi connectivity index (χ4n) is 2.98. The molecule has 0 atom stereocenters. The van der Waals surface area contributed by atoms with Gasteiger partial charge in [0.1, 0.15) is 5.75 Å². The first kappa shape index (κ1) is 10.6. The van der Waals surface area contributed by atoms with Crippen molar-refractivity contribution in [3.8, 4) is 5.75 Å². The maximum atomic E-state index is 10.3. The van der Waals surface area contributed by atoms with Crippen molar-refractivity contribution in [2.75, 3.05) is 0 Å². The quantitative estimate of drug-likeness (QED) is 0.503. The van der Waals surface area contributed by atoms with Crippen LogP contribution in [0.25, 0.3) is 32.3 Å². The van der Waals surface area contributed by atoms with Gasteiger partial charge >= 0.3 is 0 Å². The number of aromatic hydroxyl groups is 1. The third kappa shape index (κ3) is 1.29. The molecule has 92 valence electrons. The second-order valence-electron chi connectivity index (χ2n) is 4.90. The fourth-order valence-corrected chi connectivity index (χ4v) is 2.98. The van der Waals surface area contributed by atoms with Crippen molar-refractivity contribution < 1.29 is 10.2 Å². The second-order valence-corrected chi connectivity index (χ2v) is 4.90. The summed E-state index contributed by atoms with van der Waals surface area (Å²) in [6.07, 6.45) is 0. The third-order valence-electron chi connectivity index (χ3n) is 3.87. The zero-order valence-electron chi connectivity index (χ0n) is 10.2. The van der Waals surface area contributed by atoms with Gasteiger partial charge in [0.05, 0.1) is 6.61 Å². The summed E-state index contributed by atoms with van der Waals surface area (Å²) in [5, 5.41) is 26.1. The molecule has 0 unspecified atom stereocenters. The van der Waals surface area contributed by atoms with Gasteiger partial charge in [-0.3, -0.25) is 0 Å². The summed E-state index contributed by atoms with van der Waals surface area (Å²) < 4.78 is 0. The van der Waals surface area contributed by atoms with Crippen molar-refractivity contribution in [2.24, 2.45) is 0 Å². The number of aliphatic hydroxyl groups excluding tert-OH is 1. The van der Waals surface area contributed by atoms with Gasteiger partial charge in [-0.2, -0.15) is 0 Å². The van der Waals surface area contributed by atoms with Crippen LogP contribution >= 0.6 is 0 Å². The summed E-state index contributed by atoms with van der Waals surface area (Å²) in [5.41, 5.74) is 0.575. The van der Waals surface area contributed by atoms with Gasteiger partial charge in [0.2, 0.25) is 0 Å². The lowest BCUT2D eigenvalue weighted by atomic mass is 9.92. The van der Waals surface area contributed by atoms with E-state index in [-0.39, 0.29) is 12.4 Å². The van der Waals surface area contributed by atoms with Gasteiger partial charge in [-0.1, -0.05) is 36.4 Å². The molecule has 0 spiro atoms. The van der Waals surface area contributed by atoms with Crippen LogP contribution in [0.4, 0.5) is 0 Å². The molecule has 0 aromatic heterocycles. The third-order valence-corrected chi connectivity index (χ3v) is 3.87. The Morgan fingerprint density at radius 1 is 0.789 bits per heavy atom. The summed E-state index contributed by atoms with van der Waals surface area (Å²) in [6, 6.07) is 16.1. The van der Waals surface area contributed by atoms with Crippen LogP contribution in [0.1, 0.15) is 5.56 Å². The van der Waals surface area contributed by atoms with Crippen molar-refractivity contribution in [1.82, 2.24) is 0 Å². The molecule has 2 nitrogen and oxygen atoms in total. The van der Waals surface area contributed by atoms with Crippen LogP contribution in [0.15, 0.2) is 48.5 Å². The van der Waals surface area contributed by atoms with Crippen molar-refractivity contribution in [3.63, 3.8) is 0 Å². The van der Waals surface area contributed by atoms with Crippen LogP contribution in [0.5, 0.6) is 5.75 Å². The zero-order chi connectivity index (χ0) is 13.0. The van der Waals surface area contributed by atoms with E-state index in [0.717, 1.165) is 16.2 Å². The van der Waals surface area contributed by atoms with E-state index in [2.05, 4.69) is 18.2 Å². The van der Waals surface area contributed by atoms with Gasteiger partial charge in [-0.25, -0.2) is 0 Å². The minimum absolute atomic E-state index is 0.150. The van der Waals surface area contributed by atoms with Gasteiger partial charge in [0, 0.05) is 16.3 Å². The van der Waals surface area contributed by atoms with E-state index in [1.807, 2.05) is 30.3 Å². The Morgan fingerprint density at radius 2 is 1.47 bits per heavy atom. The molecule has 0 saturated carbocycles. The first-order chi connectivity index (χ1) is 9.29. The molecule has 0 radical (unpaired) electrons. The smallest absolute Gasteiger partial charge is 0.128 e. The normalized spacial score (nSPS) is 11.8. The lowest BCUT2D eigenvalue weighted by Gasteiger charge is -2.13. The minimum Gasteiger partial charge on any atom is -0.507 e. The second kappa shape index (κ2) is 3.59. The molecule has 2 heteroatoms. The minimum atomic E-state index is -0.150. The van der Waals surface area contributed by atoms with E-state index in [1.165, 1.54) is 16.2 Å². The van der Waals surface area contributed by atoms with E-state index in [0.29, 0.717) is 5.56 Å². The van der Waals surface area contributed by atoms with E-state index in [1.54, 1.807) is 0 Å². The van der Waals surface area contributed by atoms with Crippen LogP contribution in [-0.4, -0.2) is 10.2 Å². The van der Waals surface area contributed by atoms with E-state index >= 15 is 0 Å². The Morgan fingerprint density at radius 3 is 2.21 bits per heavy atom. The molecule has 4 aromatic carbocycles.